The molecule has 1 atom stereocenters. The van der Waals surface area contributed by atoms with Crippen LogP contribution in [0, 0.1) is 0 Å². The van der Waals surface area contributed by atoms with Gasteiger partial charge in [0.2, 0.25) is 0 Å². The first-order chi connectivity index (χ1) is 12.5. The van der Waals surface area contributed by atoms with E-state index in [-0.39, 0.29) is 0 Å². The predicted molar refractivity (Wildman–Crippen MR) is 106 cm³/mol. The Morgan fingerprint density at radius 1 is 1.42 bits per heavy atom. The Bertz CT molecular complexity index is 758. The van der Waals surface area contributed by atoms with E-state index < -0.39 is 0 Å². The van der Waals surface area contributed by atoms with Crippen molar-refractivity contribution in [2.45, 2.75) is 38.8 Å². The number of benzene rings is 1. The quantitative estimate of drug-likeness (QED) is 0.619. The van der Waals surface area contributed by atoms with E-state index in [9.17, 15) is 0 Å². The second kappa shape index (κ2) is 8.45. The highest BCUT2D eigenvalue weighted by atomic mass is 35.5. The topological polar surface area (TPSA) is 65.7 Å². The van der Waals surface area contributed by atoms with Gasteiger partial charge in [-0.2, -0.15) is 0 Å². The average Bonchev–Trinajstić information content (AvgIpc) is 3.28. The Kier molecular flexibility index (Phi) is 6.04. The van der Waals surface area contributed by atoms with Gasteiger partial charge in [-0.15, -0.1) is 0 Å². The van der Waals surface area contributed by atoms with E-state index in [1.807, 2.05) is 24.3 Å². The third-order valence-electron chi connectivity index (χ3n) is 4.52. The summed E-state index contributed by atoms with van der Waals surface area (Å²) in [4.78, 5) is 6.65. The first-order valence-electron chi connectivity index (χ1n) is 8.98. The van der Waals surface area contributed by atoms with E-state index in [0.29, 0.717) is 18.5 Å². The van der Waals surface area contributed by atoms with Gasteiger partial charge < -0.3 is 20.1 Å². The van der Waals surface area contributed by atoms with Crippen molar-refractivity contribution in [2.75, 3.05) is 25.0 Å². The summed E-state index contributed by atoms with van der Waals surface area (Å²) >= 11 is 6.10. The summed E-state index contributed by atoms with van der Waals surface area (Å²) in [5, 5.41) is 11.6. The molecule has 1 unspecified atom stereocenters. The van der Waals surface area contributed by atoms with E-state index in [2.05, 4.69) is 45.6 Å². The number of nitrogens with one attached hydrogen (secondary N) is 2. The molecule has 1 aliphatic rings. The molecule has 3 rings (SSSR count). The molecule has 6 nitrogen and oxygen atoms in total. The average molecular weight is 376 g/mol. The molecule has 0 spiro atoms. The fraction of sp³-hybridized carbons (Fsp3) is 0.474. The van der Waals surface area contributed by atoms with Gasteiger partial charge in [0.15, 0.2) is 11.7 Å². The first-order valence-corrected chi connectivity index (χ1v) is 9.36. The van der Waals surface area contributed by atoms with Gasteiger partial charge in [0.1, 0.15) is 0 Å². The van der Waals surface area contributed by atoms with Crippen LogP contribution in [0.4, 0.5) is 5.69 Å². The Hall–Kier alpha value is -2.21. The normalized spacial score (nSPS) is 17.8. The monoisotopic (exact) mass is 375 g/mol. The van der Waals surface area contributed by atoms with Crippen LogP contribution in [-0.2, 0) is 6.54 Å². The van der Waals surface area contributed by atoms with Crippen LogP contribution in [-0.4, -0.2) is 37.3 Å². The SMILES string of the molecule is CN=C(NCc1cc(C(C)C)no1)NC1CCN(c2cccc(Cl)c2)C1. The number of nitrogens with zero attached hydrogens (tertiary/aromatic N) is 3. The molecule has 0 aliphatic carbocycles. The second-order valence-electron chi connectivity index (χ2n) is 6.85. The summed E-state index contributed by atoms with van der Waals surface area (Å²) in [6, 6.07) is 10.3. The third kappa shape index (κ3) is 4.69. The molecule has 0 saturated carbocycles. The highest BCUT2D eigenvalue weighted by Gasteiger charge is 2.23. The standard InChI is InChI=1S/C19H26ClN5O/c1-13(2)18-10-17(26-24-18)11-22-19(21-3)23-15-7-8-25(12-15)16-6-4-5-14(20)9-16/h4-6,9-10,13,15H,7-8,11-12H2,1-3H3,(H2,21,22,23). The van der Waals surface area contributed by atoms with Gasteiger partial charge in [0, 0.05) is 43.0 Å². The van der Waals surface area contributed by atoms with E-state index in [1.54, 1.807) is 7.05 Å². The maximum Gasteiger partial charge on any atom is 0.191 e. The van der Waals surface area contributed by atoms with E-state index >= 15 is 0 Å². The molecular weight excluding hydrogens is 350 g/mol. The molecule has 7 heteroatoms. The lowest BCUT2D eigenvalue weighted by atomic mass is 10.1. The molecule has 26 heavy (non-hydrogen) atoms. The molecule has 2 heterocycles. The molecule has 1 aromatic heterocycles. The van der Waals surface area contributed by atoms with Crippen molar-refractivity contribution in [1.29, 1.82) is 0 Å². The largest absolute Gasteiger partial charge is 0.369 e. The highest BCUT2D eigenvalue weighted by molar-refractivity contribution is 6.30. The molecule has 140 valence electrons. The zero-order valence-electron chi connectivity index (χ0n) is 15.5. The number of anilines is 1. The van der Waals surface area contributed by atoms with E-state index in [0.717, 1.165) is 47.6 Å². The van der Waals surface area contributed by atoms with Crippen LogP contribution < -0.4 is 15.5 Å². The van der Waals surface area contributed by atoms with Crippen LogP contribution in [0.5, 0.6) is 0 Å². The van der Waals surface area contributed by atoms with Crippen molar-refractivity contribution in [3.05, 3.63) is 46.8 Å². The molecule has 1 saturated heterocycles. The van der Waals surface area contributed by atoms with Crippen molar-refractivity contribution >= 4 is 23.2 Å². The molecule has 0 amide bonds. The molecule has 0 bridgehead atoms. The highest BCUT2D eigenvalue weighted by Crippen LogP contribution is 2.23. The smallest absolute Gasteiger partial charge is 0.191 e. The van der Waals surface area contributed by atoms with Gasteiger partial charge in [-0.05, 0) is 30.5 Å². The second-order valence-corrected chi connectivity index (χ2v) is 7.29. The predicted octanol–water partition coefficient (Wildman–Crippen LogP) is 3.40. The van der Waals surface area contributed by atoms with Gasteiger partial charge in [-0.3, -0.25) is 4.99 Å². The third-order valence-corrected chi connectivity index (χ3v) is 4.76. The number of hydrogen-bond acceptors (Lipinski definition) is 4. The van der Waals surface area contributed by atoms with Crippen molar-refractivity contribution < 1.29 is 4.52 Å². The van der Waals surface area contributed by atoms with Crippen LogP contribution >= 0.6 is 11.6 Å². The van der Waals surface area contributed by atoms with Crippen LogP contribution in [0.2, 0.25) is 5.02 Å². The number of aromatic nitrogens is 1. The molecule has 1 aliphatic heterocycles. The van der Waals surface area contributed by atoms with Crippen molar-refractivity contribution in [1.82, 2.24) is 15.8 Å². The van der Waals surface area contributed by atoms with Crippen molar-refractivity contribution in [3.63, 3.8) is 0 Å². The summed E-state index contributed by atoms with van der Waals surface area (Å²) in [5.41, 5.74) is 2.13. The lowest BCUT2D eigenvalue weighted by molar-refractivity contribution is 0.371. The van der Waals surface area contributed by atoms with Crippen LogP contribution in [0.25, 0.3) is 0 Å². The van der Waals surface area contributed by atoms with Crippen LogP contribution in [0.1, 0.15) is 37.6 Å². The van der Waals surface area contributed by atoms with Crippen LogP contribution in [0.3, 0.4) is 0 Å². The fourth-order valence-electron chi connectivity index (χ4n) is 3.03. The van der Waals surface area contributed by atoms with E-state index in [4.69, 9.17) is 16.1 Å². The Balaban J connectivity index is 1.51. The molecular formula is C19H26ClN5O. The van der Waals surface area contributed by atoms with Gasteiger partial charge in [0.25, 0.3) is 0 Å². The fourth-order valence-corrected chi connectivity index (χ4v) is 3.21. The summed E-state index contributed by atoms with van der Waals surface area (Å²) in [7, 11) is 1.78. The molecule has 1 aromatic carbocycles. The van der Waals surface area contributed by atoms with Crippen LogP contribution in [0.15, 0.2) is 39.8 Å². The number of aliphatic imine (C=N–C) groups is 1. The lowest BCUT2D eigenvalue weighted by Crippen LogP contribution is -2.44. The minimum Gasteiger partial charge on any atom is -0.369 e. The van der Waals surface area contributed by atoms with Gasteiger partial charge in [-0.25, -0.2) is 0 Å². The summed E-state index contributed by atoms with van der Waals surface area (Å²) in [6.45, 7) is 6.67. The Morgan fingerprint density at radius 2 is 2.27 bits per heavy atom. The summed E-state index contributed by atoms with van der Waals surface area (Å²) in [5.74, 6) is 1.94. The maximum atomic E-state index is 6.10. The van der Waals surface area contributed by atoms with Crippen molar-refractivity contribution in [3.8, 4) is 0 Å². The Morgan fingerprint density at radius 3 is 2.96 bits per heavy atom. The van der Waals surface area contributed by atoms with Gasteiger partial charge in [0.05, 0.1) is 12.2 Å². The molecule has 1 fully saturated rings. The molecule has 2 N–H and O–H groups in total. The summed E-state index contributed by atoms with van der Waals surface area (Å²) in [6.07, 6.45) is 1.05. The number of guanidine groups is 1. The van der Waals surface area contributed by atoms with Gasteiger partial charge in [-0.1, -0.05) is 36.7 Å². The zero-order valence-corrected chi connectivity index (χ0v) is 16.3. The van der Waals surface area contributed by atoms with E-state index in [1.165, 1.54) is 0 Å². The minimum absolute atomic E-state index is 0.334. The lowest BCUT2D eigenvalue weighted by Gasteiger charge is -2.20. The number of hydrogen-bond donors (Lipinski definition) is 2. The van der Waals surface area contributed by atoms with Crippen molar-refractivity contribution in [2.24, 2.45) is 4.99 Å². The minimum atomic E-state index is 0.334. The number of rotatable bonds is 5. The molecule has 0 radical (unpaired) electrons. The molecule has 2 aromatic rings. The maximum absolute atomic E-state index is 6.10. The Labute approximate surface area is 159 Å². The number of halogens is 1. The zero-order chi connectivity index (χ0) is 18.5. The van der Waals surface area contributed by atoms with Gasteiger partial charge >= 0.3 is 0 Å². The first kappa shape index (κ1) is 18.6. The summed E-state index contributed by atoms with van der Waals surface area (Å²) < 4.78 is 5.36.